The number of anilines is 1. The number of nitrogens with zero attached hydrogens (tertiary/aromatic N) is 1. The first-order valence-corrected chi connectivity index (χ1v) is 9.40. The van der Waals surface area contributed by atoms with E-state index in [4.69, 9.17) is 4.42 Å². The van der Waals surface area contributed by atoms with Crippen molar-refractivity contribution < 1.29 is 18.8 Å². The molecule has 8 heteroatoms. The summed E-state index contributed by atoms with van der Waals surface area (Å²) >= 11 is 0.988. The summed E-state index contributed by atoms with van der Waals surface area (Å²) in [5.74, 6) is -0.669. The van der Waals surface area contributed by atoms with E-state index in [1.165, 1.54) is 4.90 Å². The first-order chi connectivity index (χ1) is 13.5. The summed E-state index contributed by atoms with van der Waals surface area (Å²) < 4.78 is 5.52. The largest absolute Gasteiger partial charge is 0.451 e. The summed E-state index contributed by atoms with van der Waals surface area (Å²) in [6, 6.07) is 14.6. The van der Waals surface area contributed by atoms with Crippen LogP contribution in [0.5, 0.6) is 0 Å². The van der Waals surface area contributed by atoms with E-state index in [2.05, 4.69) is 5.32 Å². The second kappa shape index (κ2) is 7.32. The quantitative estimate of drug-likeness (QED) is 0.730. The Kier molecular flexibility index (Phi) is 4.70. The topological polar surface area (TPSA) is 96.7 Å². The predicted octanol–water partition coefficient (Wildman–Crippen LogP) is 3.24. The second-order valence-corrected chi connectivity index (χ2v) is 7.08. The van der Waals surface area contributed by atoms with E-state index in [9.17, 15) is 19.2 Å². The molecule has 1 aromatic heterocycles. The van der Waals surface area contributed by atoms with E-state index >= 15 is 0 Å². The number of benzene rings is 2. The molecule has 0 saturated carbocycles. The molecule has 0 aliphatic carbocycles. The monoisotopic (exact) mass is 394 g/mol. The lowest BCUT2D eigenvalue weighted by atomic mass is 10.2. The number of carbonyl (C=O) groups is 3. The third kappa shape index (κ3) is 3.54. The number of hydrogen-bond donors (Lipinski definition) is 1. The molecule has 140 valence electrons. The van der Waals surface area contributed by atoms with Crippen molar-refractivity contribution in [3.63, 3.8) is 0 Å². The lowest BCUT2D eigenvalue weighted by Crippen LogP contribution is -2.27. The van der Waals surface area contributed by atoms with Crippen molar-refractivity contribution in [3.8, 4) is 0 Å². The fraction of sp³-hybridized carbons (Fsp3) is 0.100. The maximum absolute atomic E-state index is 12.4. The van der Waals surface area contributed by atoms with Crippen LogP contribution < -0.4 is 10.7 Å². The van der Waals surface area contributed by atoms with Gasteiger partial charge in [0.2, 0.25) is 5.91 Å². The number of fused-ring (bicyclic) bond motifs is 1. The molecule has 1 fully saturated rings. The molecular formula is C20H14N2O5S. The third-order valence-corrected chi connectivity index (χ3v) is 5.11. The molecule has 0 radical (unpaired) electrons. The van der Waals surface area contributed by atoms with Crippen LogP contribution >= 0.6 is 11.8 Å². The number of thioether (sulfide) groups is 1. The molecule has 1 aliphatic rings. The molecule has 4 rings (SSSR count). The fourth-order valence-electron chi connectivity index (χ4n) is 2.82. The summed E-state index contributed by atoms with van der Waals surface area (Å²) in [6.07, 6.45) is 0. The summed E-state index contributed by atoms with van der Waals surface area (Å²) in [7, 11) is 0. The van der Waals surface area contributed by atoms with E-state index in [-0.39, 0.29) is 34.6 Å². The molecule has 2 aromatic carbocycles. The van der Waals surface area contributed by atoms with Crippen LogP contribution in [0.25, 0.3) is 11.0 Å². The van der Waals surface area contributed by atoms with E-state index in [1.54, 1.807) is 48.5 Å². The van der Waals surface area contributed by atoms with Crippen LogP contribution in [0.4, 0.5) is 10.5 Å². The highest BCUT2D eigenvalue weighted by Gasteiger charge is 2.29. The van der Waals surface area contributed by atoms with Gasteiger partial charge in [-0.3, -0.25) is 24.1 Å². The van der Waals surface area contributed by atoms with Crippen LogP contribution in [0.15, 0.2) is 63.8 Å². The van der Waals surface area contributed by atoms with E-state index < -0.39 is 5.91 Å². The van der Waals surface area contributed by atoms with Crippen LogP contribution in [0.2, 0.25) is 0 Å². The van der Waals surface area contributed by atoms with Gasteiger partial charge in [-0.05, 0) is 29.8 Å². The highest BCUT2D eigenvalue weighted by Crippen LogP contribution is 2.22. The predicted molar refractivity (Wildman–Crippen MR) is 105 cm³/mol. The molecule has 0 bridgehead atoms. The lowest BCUT2D eigenvalue weighted by molar-refractivity contribution is -0.125. The molecule has 2 heterocycles. The van der Waals surface area contributed by atoms with Gasteiger partial charge in [0.25, 0.3) is 11.1 Å². The van der Waals surface area contributed by atoms with Crippen molar-refractivity contribution in [2.45, 2.75) is 6.54 Å². The number of imide groups is 1. The highest BCUT2D eigenvalue weighted by molar-refractivity contribution is 8.14. The number of para-hydroxylation sites is 1. The lowest BCUT2D eigenvalue weighted by Gasteiger charge is -2.13. The SMILES string of the molecule is O=C(Nc1ccc(CN2C(=O)CSC2=O)cc1)c1cc(=O)c2ccccc2o1. The number of carbonyl (C=O) groups excluding carboxylic acids is 3. The Labute approximate surface area is 163 Å². The van der Waals surface area contributed by atoms with Gasteiger partial charge in [-0.25, -0.2) is 0 Å². The van der Waals surface area contributed by atoms with E-state index in [0.717, 1.165) is 23.4 Å². The van der Waals surface area contributed by atoms with Crippen molar-refractivity contribution in [2.24, 2.45) is 0 Å². The zero-order valence-electron chi connectivity index (χ0n) is 14.5. The van der Waals surface area contributed by atoms with Gasteiger partial charge in [0.1, 0.15) is 5.58 Å². The molecule has 0 spiro atoms. The van der Waals surface area contributed by atoms with Gasteiger partial charge >= 0.3 is 0 Å². The summed E-state index contributed by atoms with van der Waals surface area (Å²) in [5.41, 5.74) is 1.31. The number of nitrogens with one attached hydrogen (secondary N) is 1. The van der Waals surface area contributed by atoms with Crippen LogP contribution in [0.1, 0.15) is 16.1 Å². The van der Waals surface area contributed by atoms with Gasteiger partial charge in [-0.15, -0.1) is 0 Å². The van der Waals surface area contributed by atoms with Crippen molar-refractivity contribution >= 4 is 45.5 Å². The normalized spacial score (nSPS) is 13.9. The number of hydrogen-bond acceptors (Lipinski definition) is 6. The van der Waals surface area contributed by atoms with Gasteiger partial charge in [0.15, 0.2) is 11.2 Å². The summed E-state index contributed by atoms with van der Waals surface area (Å²) in [5, 5.41) is 2.82. The molecule has 7 nitrogen and oxygen atoms in total. The maximum atomic E-state index is 12.4. The Balaban J connectivity index is 1.48. The second-order valence-electron chi connectivity index (χ2n) is 6.16. The van der Waals surface area contributed by atoms with Crippen molar-refractivity contribution in [1.29, 1.82) is 0 Å². The Bertz CT molecular complexity index is 1140. The van der Waals surface area contributed by atoms with Gasteiger partial charge in [-0.1, -0.05) is 36.0 Å². The van der Waals surface area contributed by atoms with Crippen molar-refractivity contribution in [1.82, 2.24) is 4.90 Å². The Morgan fingerprint density at radius 1 is 1.07 bits per heavy atom. The number of amides is 3. The molecule has 3 amide bonds. The van der Waals surface area contributed by atoms with Crippen molar-refractivity contribution in [2.75, 3.05) is 11.1 Å². The summed E-state index contributed by atoms with van der Waals surface area (Å²) in [4.78, 5) is 49.1. The first-order valence-electron chi connectivity index (χ1n) is 8.41. The molecule has 28 heavy (non-hydrogen) atoms. The fourth-order valence-corrected chi connectivity index (χ4v) is 3.54. The molecule has 1 aliphatic heterocycles. The van der Waals surface area contributed by atoms with E-state index in [1.807, 2.05) is 0 Å². The molecule has 1 saturated heterocycles. The number of rotatable bonds is 4. The Morgan fingerprint density at radius 2 is 1.82 bits per heavy atom. The minimum absolute atomic E-state index is 0.0851. The molecular weight excluding hydrogens is 380 g/mol. The zero-order valence-corrected chi connectivity index (χ0v) is 15.3. The molecule has 0 atom stereocenters. The minimum atomic E-state index is -0.545. The molecule has 3 aromatic rings. The first kappa shape index (κ1) is 18.0. The third-order valence-electron chi connectivity index (χ3n) is 4.25. The smallest absolute Gasteiger partial charge is 0.291 e. The average molecular weight is 394 g/mol. The van der Waals surface area contributed by atoms with E-state index in [0.29, 0.717) is 16.7 Å². The maximum Gasteiger partial charge on any atom is 0.291 e. The highest BCUT2D eigenvalue weighted by atomic mass is 32.2. The zero-order chi connectivity index (χ0) is 19.7. The molecule has 0 unspecified atom stereocenters. The Morgan fingerprint density at radius 3 is 2.54 bits per heavy atom. The Hall–Kier alpha value is -3.39. The summed E-state index contributed by atoms with van der Waals surface area (Å²) in [6.45, 7) is 0.193. The van der Waals surface area contributed by atoms with Gasteiger partial charge < -0.3 is 9.73 Å². The van der Waals surface area contributed by atoms with Crippen LogP contribution in [-0.4, -0.2) is 27.7 Å². The van der Waals surface area contributed by atoms with Gasteiger partial charge in [0.05, 0.1) is 17.7 Å². The van der Waals surface area contributed by atoms with Gasteiger partial charge in [-0.2, -0.15) is 0 Å². The van der Waals surface area contributed by atoms with Crippen LogP contribution in [-0.2, 0) is 11.3 Å². The van der Waals surface area contributed by atoms with Crippen LogP contribution in [0, 0.1) is 0 Å². The standard InChI is InChI=1S/C20H14N2O5S/c23-15-9-17(27-16-4-2-1-3-14(15)16)19(25)21-13-7-5-12(6-8-13)10-22-18(24)11-28-20(22)26/h1-9H,10-11H2,(H,21,25). The van der Waals surface area contributed by atoms with Crippen LogP contribution in [0.3, 0.4) is 0 Å². The van der Waals surface area contributed by atoms with Gasteiger partial charge in [0, 0.05) is 11.8 Å². The minimum Gasteiger partial charge on any atom is -0.451 e. The molecule has 1 N–H and O–H groups in total. The van der Waals surface area contributed by atoms with Crippen molar-refractivity contribution in [3.05, 3.63) is 76.1 Å². The average Bonchev–Trinajstić information content (AvgIpc) is 3.01.